The van der Waals surface area contributed by atoms with Crippen molar-refractivity contribution in [2.24, 2.45) is 0 Å². The van der Waals surface area contributed by atoms with E-state index < -0.39 is 0 Å². The SMILES string of the molecule is CC.CCC(C)OCCOCCOCCOCCOCCNC. The summed E-state index contributed by atoms with van der Waals surface area (Å²) in [6, 6.07) is 0. The molecule has 0 amide bonds. The highest BCUT2D eigenvalue weighted by Gasteiger charge is 1.97. The molecule has 0 aromatic heterocycles. The summed E-state index contributed by atoms with van der Waals surface area (Å²) in [6.07, 6.45) is 1.34. The Bertz CT molecular complexity index is 196. The summed E-state index contributed by atoms with van der Waals surface area (Å²) < 4.78 is 27.0. The van der Waals surface area contributed by atoms with Crippen LogP contribution in [-0.2, 0) is 23.7 Å². The van der Waals surface area contributed by atoms with E-state index in [-0.39, 0.29) is 0 Å². The Morgan fingerprint density at radius 3 is 1.48 bits per heavy atom. The highest BCUT2D eigenvalue weighted by molar-refractivity contribution is 4.43. The monoisotopic (exact) mass is 337 g/mol. The highest BCUT2D eigenvalue weighted by Crippen LogP contribution is 1.94. The average Bonchev–Trinajstić information content (AvgIpc) is 2.59. The number of hydrogen-bond donors (Lipinski definition) is 1. The molecule has 0 radical (unpaired) electrons. The summed E-state index contributed by atoms with van der Waals surface area (Å²) in [4.78, 5) is 0. The van der Waals surface area contributed by atoms with Gasteiger partial charge in [-0.2, -0.15) is 0 Å². The van der Waals surface area contributed by atoms with Gasteiger partial charge >= 0.3 is 0 Å². The van der Waals surface area contributed by atoms with Gasteiger partial charge in [-0.15, -0.1) is 0 Å². The van der Waals surface area contributed by atoms with Crippen LogP contribution in [0.25, 0.3) is 0 Å². The van der Waals surface area contributed by atoms with Crippen LogP contribution < -0.4 is 5.32 Å². The van der Waals surface area contributed by atoms with Crippen molar-refractivity contribution in [3.63, 3.8) is 0 Å². The highest BCUT2D eigenvalue weighted by atomic mass is 16.6. The van der Waals surface area contributed by atoms with Crippen LogP contribution in [0.2, 0.25) is 0 Å². The third-order valence-corrected chi connectivity index (χ3v) is 2.82. The molecule has 1 atom stereocenters. The largest absolute Gasteiger partial charge is 0.378 e. The third kappa shape index (κ3) is 24.1. The Labute approximate surface area is 143 Å². The molecule has 0 bridgehead atoms. The van der Waals surface area contributed by atoms with Gasteiger partial charge in [-0.1, -0.05) is 20.8 Å². The van der Waals surface area contributed by atoms with Crippen LogP contribution in [0, 0.1) is 0 Å². The summed E-state index contributed by atoms with van der Waals surface area (Å²) in [5, 5.41) is 3.01. The molecule has 0 spiro atoms. The first-order valence-electron chi connectivity index (χ1n) is 8.88. The molecule has 0 saturated heterocycles. The summed E-state index contributed by atoms with van der Waals surface area (Å²) >= 11 is 0. The zero-order chi connectivity index (χ0) is 17.6. The minimum absolute atomic E-state index is 0.309. The van der Waals surface area contributed by atoms with E-state index in [1.54, 1.807) is 0 Å². The summed E-state index contributed by atoms with van der Waals surface area (Å²) in [6.45, 7) is 14.6. The van der Waals surface area contributed by atoms with Crippen molar-refractivity contribution in [1.29, 1.82) is 0 Å². The molecule has 0 fully saturated rings. The van der Waals surface area contributed by atoms with Crippen LogP contribution >= 0.6 is 0 Å². The molecule has 0 aliphatic carbocycles. The Morgan fingerprint density at radius 1 is 0.696 bits per heavy atom. The van der Waals surface area contributed by atoms with Crippen LogP contribution in [0.5, 0.6) is 0 Å². The molecule has 0 heterocycles. The van der Waals surface area contributed by atoms with E-state index in [2.05, 4.69) is 19.2 Å². The molecule has 6 nitrogen and oxygen atoms in total. The minimum atomic E-state index is 0.309. The fourth-order valence-corrected chi connectivity index (χ4v) is 1.36. The lowest BCUT2D eigenvalue weighted by Gasteiger charge is -2.10. The standard InChI is InChI=1S/C15H33NO5.C2H6/c1-4-15(2)21-14-13-20-12-11-19-10-9-18-8-7-17-6-5-16-3;1-2/h15-16H,4-14H2,1-3H3;1-2H3. The number of ether oxygens (including phenoxy) is 5. The molecule has 142 valence electrons. The molecule has 23 heavy (non-hydrogen) atoms. The first-order chi connectivity index (χ1) is 11.3. The molecule has 0 rings (SSSR count). The Kier molecular flexibility index (Phi) is 26.1. The second kappa shape index (κ2) is 24.0. The van der Waals surface area contributed by atoms with Crippen LogP contribution in [0.1, 0.15) is 34.1 Å². The van der Waals surface area contributed by atoms with Gasteiger partial charge in [0.15, 0.2) is 0 Å². The molecule has 0 saturated carbocycles. The maximum atomic E-state index is 5.50. The molecule has 0 aliphatic rings. The van der Waals surface area contributed by atoms with E-state index in [0.717, 1.165) is 13.0 Å². The van der Waals surface area contributed by atoms with Gasteiger partial charge in [0.1, 0.15) is 0 Å². The first kappa shape index (κ1) is 25.0. The van der Waals surface area contributed by atoms with E-state index in [9.17, 15) is 0 Å². The van der Waals surface area contributed by atoms with Gasteiger partial charge in [-0.25, -0.2) is 0 Å². The van der Waals surface area contributed by atoms with E-state index in [4.69, 9.17) is 23.7 Å². The van der Waals surface area contributed by atoms with E-state index >= 15 is 0 Å². The molecular weight excluding hydrogens is 298 g/mol. The number of rotatable bonds is 17. The molecule has 0 aromatic rings. The van der Waals surface area contributed by atoms with Gasteiger partial charge in [-0.05, 0) is 20.4 Å². The predicted octanol–water partition coefficient (Wildman–Crippen LogP) is 2.11. The van der Waals surface area contributed by atoms with Crippen molar-refractivity contribution in [2.45, 2.75) is 40.2 Å². The molecule has 0 aliphatic heterocycles. The van der Waals surface area contributed by atoms with Crippen molar-refractivity contribution < 1.29 is 23.7 Å². The quantitative estimate of drug-likeness (QED) is 0.410. The fraction of sp³-hybridized carbons (Fsp3) is 1.00. The zero-order valence-corrected chi connectivity index (χ0v) is 15.9. The Morgan fingerprint density at radius 2 is 1.09 bits per heavy atom. The van der Waals surface area contributed by atoms with Gasteiger partial charge in [0, 0.05) is 6.54 Å². The number of hydrogen-bond acceptors (Lipinski definition) is 6. The topological polar surface area (TPSA) is 58.2 Å². The maximum Gasteiger partial charge on any atom is 0.0704 e. The lowest BCUT2D eigenvalue weighted by Crippen LogP contribution is -2.17. The first-order valence-corrected chi connectivity index (χ1v) is 8.88. The van der Waals surface area contributed by atoms with Crippen LogP contribution in [0.4, 0.5) is 0 Å². The predicted molar refractivity (Wildman–Crippen MR) is 94.3 cm³/mol. The smallest absolute Gasteiger partial charge is 0.0704 e. The summed E-state index contributed by atoms with van der Waals surface area (Å²) in [5.41, 5.74) is 0. The van der Waals surface area contributed by atoms with Gasteiger partial charge in [0.2, 0.25) is 0 Å². The van der Waals surface area contributed by atoms with Crippen LogP contribution in [0.3, 0.4) is 0 Å². The van der Waals surface area contributed by atoms with Crippen LogP contribution in [0.15, 0.2) is 0 Å². The molecule has 0 aromatic carbocycles. The van der Waals surface area contributed by atoms with E-state index in [0.29, 0.717) is 65.6 Å². The normalized spacial score (nSPS) is 11.9. The van der Waals surface area contributed by atoms with Gasteiger partial charge in [0.25, 0.3) is 0 Å². The third-order valence-electron chi connectivity index (χ3n) is 2.82. The van der Waals surface area contributed by atoms with Gasteiger partial charge in [0.05, 0.1) is 65.6 Å². The zero-order valence-electron chi connectivity index (χ0n) is 15.9. The van der Waals surface area contributed by atoms with Crippen molar-refractivity contribution in [2.75, 3.05) is 73.1 Å². The molecule has 6 heteroatoms. The summed E-state index contributed by atoms with van der Waals surface area (Å²) in [7, 11) is 1.90. The van der Waals surface area contributed by atoms with Gasteiger partial charge < -0.3 is 29.0 Å². The van der Waals surface area contributed by atoms with Crippen molar-refractivity contribution in [3.8, 4) is 0 Å². The fourth-order valence-electron chi connectivity index (χ4n) is 1.36. The lowest BCUT2D eigenvalue weighted by atomic mass is 10.3. The van der Waals surface area contributed by atoms with E-state index in [1.807, 2.05) is 20.9 Å². The molecular formula is C17H39NO5. The second-order valence-electron chi connectivity index (χ2n) is 4.64. The Hall–Kier alpha value is -0.240. The maximum absolute atomic E-state index is 5.50. The van der Waals surface area contributed by atoms with Crippen molar-refractivity contribution >= 4 is 0 Å². The molecule has 1 N–H and O–H groups in total. The summed E-state index contributed by atoms with van der Waals surface area (Å²) in [5.74, 6) is 0. The van der Waals surface area contributed by atoms with Gasteiger partial charge in [-0.3, -0.25) is 0 Å². The van der Waals surface area contributed by atoms with E-state index in [1.165, 1.54) is 0 Å². The molecule has 1 unspecified atom stereocenters. The minimum Gasteiger partial charge on any atom is -0.378 e. The van der Waals surface area contributed by atoms with Crippen molar-refractivity contribution in [3.05, 3.63) is 0 Å². The number of nitrogens with one attached hydrogen (secondary N) is 1. The second-order valence-corrected chi connectivity index (χ2v) is 4.64. The Balaban J connectivity index is 0. The number of likely N-dealkylation sites (N-methyl/N-ethyl adjacent to an activating group) is 1. The lowest BCUT2D eigenvalue weighted by molar-refractivity contribution is -0.0201. The average molecular weight is 338 g/mol. The van der Waals surface area contributed by atoms with Crippen molar-refractivity contribution in [1.82, 2.24) is 5.32 Å². The van der Waals surface area contributed by atoms with Crippen LogP contribution in [-0.4, -0.2) is 79.2 Å².